The number of hydrogen-bond acceptors (Lipinski definition) is 4. The number of aliphatic hydroxyl groups is 1. The zero-order valence-corrected chi connectivity index (χ0v) is 12.4. The maximum atomic E-state index is 9.98. The molecule has 1 N–H and O–H groups in total. The molecular weight excluding hydrogens is 314 g/mol. The van der Waals surface area contributed by atoms with Crippen LogP contribution >= 0.6 is 27.7 Å². The lowest BCUT2D eigenvalue weighted by Gasteiger charge is -2.10. The molecule has 2 rings (SSSR count). The summed E-state index contributed by atoms with van der Waals surface area (Å²) in [7, 11) is 1.83. The summed E-state index contributed by atoms with van der Waals surface area (Å²) in [5.74, 6) is 1.44. The summed E-state index contributed by atoms with van der Waals surface area (Å²) in [6, 6.07) is 7.99. The maximum absolute atomic E-state index is 9.98. The summed E-state index contributed by atoms with van der Waals surface area (Å²) >= 11 is 5.12. The van der Waals surface area contributed by atoms with Crippen molar-refractivity contribution in [2.45, 2.75) is 17.4 Å². The first kappa shape index (κ1) is 13.6. The van der Waals surface area contributed by atoms with Crippen LogP contribution in [-0.4, -0.2) is 31.7 Å². The van der Waals surface area contributed by atoms with Crippen LogP contribution in [0.15, 0.2) is 40.0 Å². The zero-order valence-electron chi connectivity index (χ0n) is 9.95. The monoisotopic (exact) mass is 327 g/mol. The van der Waals surface area contributed by atoms with Gasteiger partial charge in [-0.1, -0.05) is 12.1 Å². The van der Waals surface area contributed by atoms with E-state index in [1.54, 1.807) is 16.4 Å². The minimum absolute atomic E-state index is 0.426. The summed E-state index contributed by atoms with van der Waals surface area (Å²) in [4.78, 5) is 5.24. The number of benzene rings is 1. The maximum Gasteiger partial charge on any atom is 0.138 e. The predicted octanol–water partition coefficient (Wildman–Crippen LogP) is 2.27. The van der Waals surface area contributed by atoms with E-state index in [1.807, 2.05) is 31.3 Å². The van der Waals surface area contributed by atoms with E-state index < -0.39 is 6.10 Å². The van der Waals surface area contributed by atoms with Crippen molar-refractivity contribution in [2.75, 3.05) is 5.75 Å². The molecule has 0 amide bonds. The molecule has 0 bridgehead atoms. The number of rotatable bonds is 5. The number of aliphatic hydroxyl groups excluding tert-OH is 1. The van der Waals surface area contributed by atoms with Crippen LogP contribution < -0.4 is 0 Å². The fourth-order valence-electron chi connectivity index (χ4n) is 1.52. The summed E-state index contributed by atoms with van der Waals surface area (Å²) in [6.45, 7) is 0. The standard InChI is InChI=1S/C12H14BrN3OS/c1-16-12(14-8-15-16)6-9(17)7-18-11-5-3-2-4-10(11)13/h2-5,8-9,17H,6-7H2,1H3. The van der Waals surface area contributed by atoms with E-state index in [1.165, 1.54) is 6.33 Å². The van der Waals surface area contributed by atoms with Crippen LogP contribution in [0.1, 0.15) is 5.82 Å². The van der Waals surface area contributed by atoms with Gasteiger partial charge >= 0.3 is 0 Å². The van der Waals surface area contributed by atoms with Gasteiger partial charge in [-0.25, -0.2) is 4.98 Å². The molecule has 96 valence electrons. The van der Waals surface area contributed by atoms with E-state index in [-0.39, 0.29) is 0 Å². The van der Waals surface area contributed by atoms with Gasteiger partial charge in [-0.3, -0.25) is 4.68 Å². The molecule has 0 fully saturated rings. The van der Waals surface area contributed by atoms with Gasteiger partial charge in [0.05, 0.1) is 6.10 Å². The van der Waals surface area contributed by atoms with Crippen LogP contribution in [0.2, 0.25) is 0 Å². The molecule has 0 aliphatic heterocycles. The fourth-order valence-corrected chi connectivity index (χ4v) is 3.02. The normalized spacial score (nSPS) is 12.6. The second-order valence-corrected chi connectivity index (χ2v) is 5.82. The second-order valence-electron chi connectivity index (χ2n) is 3.90. The minimum atomic E-state index is -0.426. The van der Waals surface area contributed by atoms with Crippen LogP contribution in [-0.2, 0) is 13.5 Å². The molecule has 0 aliphatic carbocycles. The van der Waals surface area contributed by atoms with E-state index in [0.29, 0.717) is 12.2 Å². The average molecular weight is 328 g/mol. The molecule has 1 heterocycles. The van der Waals surface area contributed by atoms with Gasteiger partial charge in [-0.15, -0.1) is 11.8 Å². The molecule has 1 aromatic heterocycles. The van der Waals surface area contributed by atoms with E-state index in [4.69, 9.17) is 0 Å². The smallest absolute Gasteiger partial charge is 0.138 e. The SMILES string of the molecule is Cn1ncnc1CC(O)CSc1ccccc1Br. The molecule has 0 aliphatic rings. The largest absolute Gasteiger partial charge is 0.392 e. The van der Waals surface area contributed by atoms with Crippen molar-refractivity contribution in [3.8, 4) is 0 Å². The highest BCUT2D eigenvalue weighted by atomic mass is 79.9. The molecule has 6 heteroatoms. The number of aromatic nitrogens is 3. The fraction of sp³-hybridized carbons (Fsp3) is 0.333. The van der Waals surface area contributed by atoms with E-state index >= 15 is 0 Å². The molecule has 0 radical (unpaired) electrons. The molecule has 4 nitrogen and oxygen atoms in total. The Kier molecular flexibility index (Phi) is 4.79. The Morgan fingerprint density at radius 1 is 1.44 bits per heavy atom. The molecule has 0 saturated carbocycles. The van der Waals surface area contributed by atoms with Gasteiger partial charge in [0.2, 0.25) is 0 Å². The molecule has 1 aromatic carbocycles. The third-order valence-corrected chi connectivity index (χ3v) is 4.66. The van der Waals surface area contributed by atoms with Crippen molar-refractivity contribution >= 4 is 27.7 Å². The van der Waals surface area contributed by atoms with Crippen LogP contribution in [0.25, 0.3) is 0 Å². The Balaban J connectivity index is 1.87. The number of aryl methyl sites for hydroxylation is 1. The number of hydrogen-bond donors (Lipinski definition) is 1. The highest BCUT2D eigenvalue weighted by molar-refractivity contribution is 9.10. The number of nitrogens with zero attached hydrogens (tertiary/aromatic N) is 3. The van der Waals surface area contributed by atoms with Gasteiger partial charge in [0.1, 0.15) is 12.2 Å². The predicted molar refractivity (Wildman–Crippen MR) is 75.6 cm³/mol. The Bertz CT molecular complexity index is 518. The Labute approximate surface area is 119 Å². The van der Waals surface area contributed by atoms with E-state index in [2.05, 4.69) is 26.0 Å². The van der Waals surface area contributed by atoms with Crippen molar-refractivity contribution in [2.24, 2.45) is 7.05 Å². The van der Waals surface area contributed by atoms with Gasteiger partial charge in [0.15, 0.2) is 0 Å². The molecular formula is C12H14BrN3OS. The Morgan fingerprint density at radius 3 is 2.89 bits per heavy atom. The molecule has 0 saturated heterocycles. The van der Waals surface area contributed by atoms with Gasteiger partial charge in [0.25, 0.3) is 0 Å². The van der Waals surface area contributed by atoms with Crippen molar-refractivity contribution < 1.29 is 5.11 Å². The summed E-state index contributed by atoms with van der Waals surface area (Å²) < 4.78 is 2.74. The Hall–Kier alpha value is -0.850. The van der Waals surface area contributed by atoms with Gasteiger partial charge < -0.3 is 5.11 Å². The first-order valence-corrected chi connectivity index (χ1v) is 7.33. The van der Waals surface area contributed by atoms with Crippen LogP contribution in [0.4, 0.5) is 0 Å². The molecule has 1 unspecified atom stereocenters. The third kappa shape index (κ3) is 3.57. The third-order valence-electron chi connectivity index (χ3n) is 2.49. The van der Waals surface area contributed by atoms with Crippen LogP contribution in [0.5, 0.6) is 0 Å². The summed E-state index contributed by atoms with van der Waals surface area (Å²) in [6.07, 6.45) is 1.60. The molecule has 18 heavy (non-hydrogen) atoms. The van der Waals surface area contributed by atoms with E-state index in [0.717, 1.165) is 15.2 Å². The van der Waals surface area contributed by atoms with Crippen molar-refractivity contribution in [3.63, 3.8) is 0 Å². The lowest BCUT2D eigenvalue weighted by Crippen LogP contribution is -2.16. The quantitative estimate of drug-likeness (QED) is 0.856. The average Bonchev–Trinajstić information content (AvgIpc) is 2.74. The second kappa shape index (κ2) is 6.36. The zero-order chi connectivity index (χ0) is 13.0. The number of halogens is 1. The highest BCUT2D eigenvalue weighted by Crippen LogP contribution is 2.27. The molecule has 1 atom stereocenters. The van der Waals surface area contributed by atoms with Gasteiger partial charge in [-0.2, -0.15) is 5.10 Å². The first-order valence-electron chi connectivity index (χ1n) is 5.55. The van der Waals surface area contributed by atoms with Crippen molar-refractivity contribution in [3.05, 3.63) is 40.9 Å². The van der Waals surface area contributed by atoms with E-state index in [9.17, 15) is 5.11 Å². The summed E-state index contributed by atoms with van der Waals surface area (Å²) in [5, 5.41) is 14.0. The Morgan fingerprint density at radius 2 is 2.22 bits per heavy atom. The van der Waals surface area contributed by atoms with Gasteiger partial charge in [-0.05, 0) is 28.1 Å². The lowest BCUT2D eigenvalue weighted by atomic mass is 10.3. The van der Waals surface area contributed by atoms with Gasteiger partial charge in [0, 0.05) is 28.6 Å². The topological polar surface area (TPSA) is 50.9 Å². The highest BCUT2D eigenvalue weighted by Gasteiger charge is 2.11. The number of thioether (sulfide) groups is 1. The molecule has 0 spiro atoms. The van der Waals surface area contributed by atoms with Crippen LogP contribution in [0, 0.1) is 0 Å². The summed E-state index contributed by atoms with van der Waals surface area (Å²) in [5.41, 5.74) is 0. The molecule has 2 aromatic rings. The first-order chi connectivity index (χ1) is 8.66. The van der Waals surface area contributed by atoms with Crippen molar-refractivity contribution in [1.82, 2.24) is 14.8 Å². The minimum Gasteiger partial charge on any atom is -0.392 e. The van der Waals surface area contributed by atoms with Crippen molar-refractivity contribution in [1.29, 1.82) is 0 Å². The lowest BCUT2D eigenvalue weighted by molar-refractivity contribution is 0.196. The van der Waals surface area contributed by atoms with Crippen LogP contribution in [0.3, 0.4) is 0 Å².